The monoisotopic (exact) mass is 310 g/mol. The lowest BCUT2D eigenvalue weighted by molar-refractivity contribution is 0.190. The minimum absolute atomic E-state index is 0.265. The van der Waals surface area contributed by atoms with Crippen molar-refractivity contribution in [2.24, 2.45) is 0 Å². The van der Waals surface area contributed by atoms with Gasteiger partial charge in [-0.25, -0.2) is 0 Å². The molecule has 0 spiro atoms. The second kappa shape index (κ2) is 6.49. The normalized spacial score (nSPS) is 12.2. The van der Waals surface area contributed by atoms with Crippen LogP contribution in [-0.2, 0) is 6.61 Å². The molecule has 0 aliphatic carbocycles. The Hall–Kier alpha value is -1.22. The third-order valence-corrected chi connectivity index (χ3v) is 3.76. The van der Waals surface area contributed by atoms with Crippen molar-refractivity contribution in [1.29, 1.82) is 0 Å². The average molecular weight is 311 g/mol. The standard InChI is InChI=1S/C16H16Cl2O2/c1-10-6-7-16(12(8-10)11(2)19)20-9-13-14(17)4-3-5-15(13)18/h3-8,11,19H,9H2,1-2H3/t11-/m0/s1. The summed E-state index contributed by atoms with van der Waals surface area (Å²) < 4.78 is 5.77. The van der Waals surface area contributed by atoms with Crippen molar-refractivity contribution in [3.63, 3.8) is 0 Å². The first-order valence-electron chi connectivity index (χ1n) is 6.33. The van der Waals surface area contributed by atoms with Crippen LogP contribution in [0.2, 0.25) is 10.0 Å². The van der Waals surface area contributed by atoms with Crippen LogP contribution < -0.4 is 4.74 Å². The van der Waals surface area contributed by atoms with Gasteiger partial charge in [-0.1, -0.05) is 40.9 Å². The number of aliphatic hydroxyl groups excluding tert-OH is 1. The van der Waals surface area contributed by atoms with Gasteiger partial charge >= 0.3 is 0 Å². The average Bonchev–Trinajstić information content (AvgIpc) is 2.39. The Balaban J connectivity index is 2.23. The first-order chi connectivity index (χ1) is 9.49. The molecule has 0 bridgehead atoms. The van der Waals surface area contributed by atoms with E-state index in [9.17, 15) is 5.11 Å². The Morgan fingerprint density at radius 3 is 2.40 bits per heavy atom. The molecule has 0 aliphatic heterocycles. The van der Waals surface area contributed by atoms with Gasteiger partial charge in [-0.2, -0.15) is 0 Å². The fourth-order valence-electron chi connectivity index (χ4n) is 1.95. The van der Waals surface area contributed by atoms with Gasteiger partial charge in [-0.3, -0.25) is 0 Å². The number of hydrogen-bond acceptors (Lipinski definition) is 2. The van der Waals surface area contributed by atoms with E-state index >= 15 is 0 Å². The van der Waals surface area contributed by atoms with Crippen molar-refractivity contribution >= 4 is 23.2 Å². The van der Waals surface area contributed by atoms with Crippen molar-refractivity contribution in [1.82, 2.24) is 0 Å². The highest BCUT2D eigenvalue weighted by Crippen LogP contribution is 2.29. The number of aryl methyl sites for hydroxylation is 1. The van der Waals surface area contributed by atoms with E-state index in [2.05, 4.69) is 0 Å². The van der Waals surface area contributed by atoms with E-state index in [1.54, 1.807) is 25.1 Å². The lowest BCUT2D eigenvalue weighted by Crippen LogP contribution is -2.02. The van der Waals surface area contributed by atoms with E-state index in [-0.39, 0.29) is 6.61 Å². The molecule has 0 fully saturated rings. The molecule has 106 valence electrons. The molecule has 0 aromatic heterocycles. The Labute approximate surface area is 128 Å². The number of aliphatic hydroxyl groups is 1. The molecule has 2 nitrogen and oxygen atoms in total. The Kier molecular flexibility index (Phi) is 4.92. The van der Waals surface area contributed by atoms with Gasteiger partial charge in [0, 0.05) is 21.2 Å². The molecule has 2 aromatic carbocycles. The minimum Gasteiger partial charge on any atom is -0.488 e. The van der Waals surface area contributed by atoms with E-state index in [4.69, 9.17) is 27.9 Å². The van der Waals surface area contributed by atoms with Gasteiger partial charge in [0.1, 0.15) is 12.4 Å². The second-order valence-corrected chi connectivity index (χ2v) is 5.52. The number of rotatable bonds is 4. The first kappa shape index (κ1) is 15.2. The van der Waals surface area contributed by atoms with E-state index in [1.165, 1.54) is 0 Å². The highest BCUT2D eigenvalue weighted by Gasteiger charge is 2.11. The van der Waals surface area contributed by atoms with Crippen LogP contribution in [-0.4, -0.2) is 5.11 Å². The van der Waals surface area contributed by atoms with E-state index in [0.29, 0.717) is 15.8 Å². The summed E-state index contributed by atoms with van der Waals surface area (Å²) in [6.07, 6.45) is -0.591. The Bertz CT molecular complexity index is 589. The maximum atomic E-state index is 9.80. The molecular weight excluding hydrogens is 295 g/mol. The molecule has 4 heteroatoms. The summed E-state index contributed by atoms with van der Waals surface area (Å²) in [7, 11) is 0. The topological polar surface area (TPSA) is 29.5 Å². The van der Waals surface area contributed by atoms with Crippen LogP contribution >= 0.6 is 23.2 Å². The maximum Gasteiger partial charge on any atom is 0.125 e. The van der Waals surface area contributed by atoms with Crippen LogP contribution in [0, 0.1) is 6.92 Å². The van der Waals surface area contributed by atoms with Crippen LogP contribution in [0.15, 0.2) is 36.4 Å². The van der Waals surface area contributed by atoms with Crippen molar-refractivity contribution in [2.75, 3.05) is 0 Å². The third-order valence-electron chi connectivity index (χ3n) is 3.05. The highest BCUT2D eigenvalue weighted by molar-refractivity contribution is 6.35. The lowest BCUT2D eigenvalue weighted by atomic mass is 10.1. The van der Waals surface area contributed by atoms with Gasteiger partial charge in [0.25, 0.3) is 0 Å². The van der Waals surface area contributed by atoms with Crippen LogP contribution in [0.4, 0.5) is 0 Å². The highest BCUT2D eigenvalue weighted by atomic mass is 35.5. The molecule has 0 radical (unpaired) electrons. The third kappa shape index (κ3) is 3.45. The molecule has 0 heterocycles. The van der Waals surface area contributed by atoms with Crippen molar-refractivity contribution in [3.8, 4) is 5.75 Å². The summed E-state index contributed by atoms with van der Waals surface area (Å²) >= 11 is 12.2. The molecule has 2 rings (SSSR count). The van der Waals surface area contributed by atoms with Crippen LogP contribution in [0.5, 0.6) is 5.75 Å². The number of benzene rings is 2. The van der Waals surface area contributed by atoms with E-state index in [0.717, 1.165) is 16.7 Å². The zero-order valence-electron chi connectivity index (χ0n) is 11.4. The minimum atomic E-state index is -0.591. The van der Waals surface area contributed by atoms with E-state index < -0.39 is 6.10 Å². The Morgan fingerprint density at radius 1 is 1.15 bits per heavy atom. The molecule has 0 unspecified atom stereocenters. The quantitative estimate of drug-likeness (QED) is 0.867. The van der Waals surface area contributed by atoms with Gasteiger partial charge in [-0.15, -0.1) is 0 Å². The lowest BCUT2D eigenvalue weighted by Gasteiger charge is -2.15. The fraction of sp³-hybridized carbons (Fsp3) is 0.250. The van der Waals surface area contributed by atoms with Crippen molar-refractivity contribution in [2.45, 2.75) is 26.6 Å². The SMILES string of the molecule is Cc1ccc(OCc2c(Cl)cccc2Cl)c([C@H](C)O)c1. The zero-order chi connectivity index (χ0) is 14.7. The molecule has 0 amide bonds. The van der Waals surface area contributed by atoms with Crippen molar-refractivity contribution < 1.29 is 9.84 Å². The summed E-state index contributed by atoms with van der Waals surface area (Å²) in [5, 5.41) is 10.9. The van der Waals surface area contributed by atoms with E-state index in [1.807, 2.05) is 25.1 Å². The molecule has 2 aromatic rings. The molecule has 0 saturated carbocycles. The zero-order valence-corrected chi connectivity index (χ0v) is 12.9. The van der Waals surface area contributed by atoms with Crippen molar-refractivity contribution in [3.05, 3.63) is 63.1 Å². The molecular formula is C16H16Cl2O2. The maximum absolute atomic E-state index is 9.80. The molecule has 1 atom stereocenters. The summed E-state index contributed by atoms with van der Waals surface area (Å²) in [6.45, 7) is 3.95. The fourth-order valence-corrected chi connectivity index (χ4v) is 2.45. The summed E-state index contributed by atoms with van der Waals surface area (Å²) in [5.74, 6) is 0.640. The number of hydrogen-bond donors (Lipinski definition) is 1. The summed E-state index contributed by atoms with van der Waals surface area (Å²) in [6, 6.07) is 11.0. The van der Waals surface area contributed by atoms with Crippen LogP contribution in [0.25, 0.3) is 0 Å². The van der Waals surface area contributed by atoms with Gasteiger partial charge in [0.2, 0.25) is 0 Å². The summed E-state index contributed by atoms with van der Waals surface area (Å²) in [4.78, 5) is 0. The molecule has 0 aliphatic rings. The van der Waals surface area contributed by atoms with Crippen LogP contribution in [0.1, 0.15) is 29.7 Å². The predicted molar refractivity (Wildman–Crippen MR) is 82.6 cm³/mol. The first-order valence-corrected chi connectivity index (χ1v) is 7.09. The second-order valence-electron chi connectivity index (χ2n) is 4.71. The predicted octanol–water partition coefficient (Wildman–Crippen LogP) is 4.93. The number of ether oxygens (including phenoxy) is 1. The van der Waals surface area contributed by atoms with Gasteiger partial charge in [-0.05, 0) is 38.1 Å². The summed E-state index contributed by atoms with van der Waals surface area (Å²) in [5.41, 5.74) is 2.57. The largest absolute Gasteiger partial charge is 0.488 e. The van der Waals surface area contributed by atoms with Gasteiger partial charge in [0.15, 0.2) is 0 Å². The number of halogens is 2. The molecule has 0 saturated heterocycles. The molecule has 20 heavy (non-hydrogen) atoms. The Morgan fingerprint density at radius 2 is 1.80 bits per heavy atom. The van der Waals surface area contributed by atoms with Gasteiger partial charge in [0.05, 0.1) is 6.10 Å². The smallest absolute Gasteiger partial charge is 0.125 e. The van der Waals surface area contributed by atoms with Gasteiger partial charge < -0.3 is 9.84 Å². The molecule has 1 N–H and O–H groups in total. The van der Waals surface area contributed by atoms with Crippen LogP contribution in [0.3, 0.4) is 0 Å².